The summed E-state index contributed by atoms with van der Waals surface area (Å²) in [6.07, 6.45) is 3.71. The van der Waals surface area contributed by atoms with Crippen LogP contribution in [0.1, 0.15) is 53.6 Å². The van der Waals surface area contributed by atoms with Gasteiger partial charge in [-0.1, -0.05) is 55.8 Å². The molecule has 1 nitrogen and oxygen atoms in total. The van der Waals surface area contributed by atoms with Gasteiger partial charge in [-0.2, -0.15) is 0 Å². The SMILES string of the molecule is CCCCc1ccc(C(NC)c2cccc(C)c2C)cc1. The summed E-state index contributed by atoms with van der Waals surface area (Å²) >= 11 is 0. The minimum atomic E-state index is 0.269. The van der Waals surface area contributed by atoms with Gasteiger partial charge >= 0.3 is 0 Å². The monoisotopic (exact) mass is 281 g/mol. The summed E-state index contributed by atoms with van der Waals surface area (Å²) in [4.78, 5) is 0. The molecule has 1 unspecified atom stereocenters. The van der Waals surface area contributed by atoms with Gasteiger partial charge in [-0.15, -0.1) is 0 Å². The fourth-order valence-electron chi connectivity index (χ4n) is 2.85. The van der Waals surface area contributed by atoms with Crippen molar-refractivity contribution in [3.63, 3.8) is 0 Å². The molecule has 0 aliphatic heterocycles. The van der Waals surface area contributed by atoms with Crippen molar-refractivity contribution in [1.82, 2.24) is 5.32 Å². The lowest BCUT2D eigenvalue weighted by molar-refractivity contribution is 0.686. The Bertz CT molecular complexity index is 569. The number of nitrogens with one attached hydrogen (secondary N) is 1. The Balaban J connectivity index is 2.27. The molecule has 0 saturated heterocycles. The first-order valence-corrected chi connectivity index (χ1v) is 7.99. The molecule has 1 heteroatoms. The quantitative estimate of drug-likeness (QED) is 0.789. The van der Waals surface area contributed by atoms with Crippen LogP contribution in [0.3, 0.4) is 0 Å². The molecule has 2 aromatic rings. The van der Waals surface area contributed by atoms with Gasteiger partial charge in [-0.05, 0) is 61.6 Å². The van der Waals surface area contributed by atoms with E-state index >= 15 is 0 Å². The lowest BCUT2D eigenvalue weighted by Gasteiger charge is -2.21. The first-order chi connectivity index (χ1) is 10.2. The van der Waals surface area contributed by atoms with Gasteiger partial charge in [-0.25, -0.2) is 0 Å². The normalized spacial score (nSPS) is 12.4. The maximum Gasteiger partial charge on any atom is 0.0576 e. The maximum absolute atomic E-state index is 3.47. The van der Waals surface area contributed by atoms with Crippen molar-refractivity contribution in [2.75, 3.05) is 7.05 Å². The van der Waals surface area contributed by atoms with Gasteiger partial charge in [0.2, 0.25) is 0 Å². The molecular formula is C20H27N. The largest absolute Gasteiger partial charge is 0.309 e. The van der Waals surface area contributed by atoms with E-state index in [4.69, 9.17) is 0 Å². The number of aryl methyl sites for hydroxylation is 2. The molecule has 0 radical (unpaired) electrons. The van der Waals surface area contributed by atoms with Crippen LogP contribution in [0.2, 0.25) is 0 Å². The molecule has 0 amide bonds. The van der Waals surface area contributed by atoms with Crippen LogP contribution in [0.15, 0.2) is 42.5 Å². The molecule has 112 valence electrons. The lowest BCUT2D eigenvalue weighted by Crippen LogP contribution is -2.19. The molecular weight excluding hydrogens is 254 g/mol. The van der Waals surface area contributed by atoms with Crippen LogP contribution < -0.4 is 5.32 Å². The van der Waals surface area contributed by atoms with Gasteiger partial charge in [0, 0.05) is 0 Å². The first-order valence-electron chi connectivity index (χ1n) is 7.99. The van der Waals surface area contributed by atoms with Crippen molar-refractivity contribution in [3.05, 3.63) is 70.3 Å². The van der Waals surface area contributed by atoms with Gasteiger partial charge in [0.1, 0.15) is 0 Å². The zero-order chi connectivity index (χ0) is 15.2. The van der Waals surface area contributed by atoms with Crippen LogP contribution in [0.25, 0.3) is 0 Å². The van der Waals surface area contributed by atoms with Crippen molar-refractivity contribution in [1.29, 1.82) is 0 Å². The third-order valence-electron chi connectivity index (χ3n) is 4.38. The summed E-state index contributed by atoms with van der Waals surface area (Å²) < 4.78 is 0. The Labute approximate surface area is 129 Å². The summed E-state index contributed by atoms with van der Waals surface area (Å²) in [7, 11) is 2.04. The van der Waals surface area contributed by atoms with Crippen LogP contribution in [0, 0.1) is 13.8 Å². The van der Waals surface area contributed by atoms with E-state index in [1.807, 2.05) is 7.05 Å². The molecule has 0 fully saturated rings. The number of hydrogen-bond acceptors (Lipinski definition) is 1. The molecule has 0 aliphatic rings. The first kappa shape index (κ1) is 15.8. The van der Waals surface area contributed by atoms with E-state index < -0.39 is 0 Å². The second kappa shape index (κ2) is 7.42. The molecule has 0 saturated carbocycles. The fourth-order valence-corrected chi connectivity index (χ4v) is 2.85. The molecule has 0 bridgehead atoms. The van der Waals surface area contributed by atoms with Gasteiger partial charge in [-0.3, -0.25) is 0 Å². The average molecular weight is 281 g/mol. The van der Waals surface area contributed by atoms with E-state index in [1.165, 1.54) is 47.1 Å². The standard InChI is InChI=1S/C20H27N/c1-5-6-9-17-11-13-18(14-12-17)20(21-4)19-10-7-8-15(2)16(19)3/h7-8,10-14,20-21H,5-6,9H2,1-4H3. The third-order valence-corrected chi connectivity index (χ3v) is 4.38. The van der Waals surface area contributed by atoms with E-state index in [0.29, 0.717) is 0 Å². The van der Waals surface area contributed by atoms with E-state index in [2.05, 4.69) is 68.6 Å². The molecule has 2 rings (SSSR count). The van der Waals surface area contributed by atoms with Gasteiger partial charge in [0.25, 0.3) is 0 Å². The predicted octanol–water partition coefficient (Wildman–Crippen LogP) is 4.95. The van der Waals surface area contributed by atoms with Gasteiger partial charge in [0.05, 0.1) is 6.04 Å². The highest BCUT2D eigenvalue weighted by Gasteiger charge is 2.14. The number of hydrogen-bond donors (Lipinski definition) is 1. The van der Waals surface area contributed by atoms with Gasteiger partial charge < -0.3 is 5.32 Å². The summed E-state index contributed by atoms with van der Waals surface area (Å²) in [6, 6.07) is 15.9. The van der Waals surface area contributed by atoms with E-state index in [1.54, 1.807) is 0 Å². The van der Waals surface area contributed by atoms with Crippen molar-refractivity contribution in [2.24, 2.45) is 0 Å². The van der Waals surface area contributed by atoms with E-state index in [-0.39, 0.29) is 6.04 Å². The van der Waals surface area contributed by atoms with Crippen LogP contribution in [-0.4, -0.2) is 7.05 Å². The Morgan fingerprint density at radius 3 is 2.33 bits per heavy atom. The Kier molecular flexibility index (Phi) is 5.58. The zero-order valence-corrected chi connectivity index (χ0v) is 13.7. The van der Waals surface area contributed by atoms with Crippen molar-refractivity contribution in [3.8, 4) is 0 Å². The fraction of sp³-hybridized carbons (Fsp3) is 0.400. The zero-order valence-electron chi connectivity index (χ0n) is 13.7. The summed E-state index contributed by atoms with van der Waals surface area (Å²) in [5.74, 6) is 0. The molecule has 0 spiro atoms. The smallest absolute Gasteiger partial charge is 0.0576 e. The van der Waals surface area contributed by atoms with Crippen LogP contribution in [0.4, 0.5) is 0 Å². The second-order valence-electron chi connectivity index (χ2n) is 5.86. The third kappa shape index (κ3) is 3.74. The molecule has 2 aromatic carbocycles. The van der Waals surface area contributed by atoms with Crippen molar-refractivity contribution in [2.45, 2.75) is 46.1 Å². The second-order valence-corrected chi connectivity index (χ2v) is 5.86. The highest BCUT2D eigenvalue weighted by Crippen LogP contribution is 2.26. The Morgan fingerprint density at radius 2 is 1.71 bits per heavy atom. The lowest BCUT2D eigenvalue weighted by atomic mass is 9.92. The van der Waals surface area contributed by atoms with Gasteiger partial charge in [0.15, 0.2) is 0 Å². The molecule has 1 N–H and O–H groups in total. The Morgan fingerprint density at radius 1 is 1.00 bits per heavy atom. The molecule has 1 atom stereocenters. The minimum Gasteiger partial charge on any atom is -0.309 e. The van der Waals surface area contributed by atoms with Crippen LogP contribution in [-0.2, 0) is 6.42 Å². The highest BCUT2D eigenvalue weighted by molar-refractivity contribution is 5.41. The number of unbranched alkanes of at least 4 members (excludes halogenated alkanes) is 1. The molecule has 0 aliphatic carbocycles. The average Bonchev–Trinajstić information content (AvgIpc) is 2.51. The van der Waals surface area contributed by atoms with Crippen molar-refractivity contribution < 1.29 is 0 Å². The Hall–Kier alpha value is -1.60. The minimum absolute atomic E-state index is 0.269. The highest BCUT2D eigenvalue weighted by atomic mass is 14.9. The van der Waals surface area contributed by atoms with Crippen LogP contribution >= 0.6 is 0 Å². The predicted molar refractivity (Wildman–Crippen MR) is 91.9 cm³/mol. The molecule has 21 heavy (non-hydrogen) atoms. The number of benzene rings is 2. The van der Waals surface area contributed by atoms with E-state index in [9.17, 15) is 0 Å². The van der Waals surface area contributed by atoms with Crippen molar-refractivity contribution >= 4 is 0 Å². The molecule has 0 aromatic heterocycles. The topological polar surface area (TPSA) is 12.0 Å². The van der Waals surface area contributed by atoms with E-state index in [0.717, 1.165) is 0 Å². The summed E-state index contributed by atoms with van der Waals surface area (Å²) in [6.45, 7) is 6.63. The van der Waals surface area contributed by atoms with Crippen LogP contribution in [0.5, 0.6) is 0 Å². The number of rotatable bonds is 6. The molecule has 0 heterocycles. The summed E-state index contributed by atoms with van der Waals surface area (Å²) in [5.41, 5.74) is 6.89. The summed E-state index contributed by atoms with van der Waals surface area (Å²) in [5, 5.41) is 3.47. The maximum atomic E-state index is 3.47.